The van der Waals surface area contributed by atoms with Crippen LogP contribution in [0.5, 0.6) is 0 Å². The number of hydrogen-bond donors (Lipinski definition) is 1. The third-order valence-corrected chi connectivity index (χ3v) is 3.54. The van der Waals surface area contributed by atoms with Crippen molar-refractivity contribution < 1.29 is 0 Å². The maximum atomic E-state index is 5.59. The molecule has 1 saturated heterocycles. The van der Waals surface area contributed by atoms with E-state index in [9.17, 15) is 0 Å². The van der Waals surface area contributed by atoms with E-state index in [1.807, 2.05) is 0 Å². The van der Waals surface area contributed by atoms with Crippen molar-refractivity contribution in [2.45, 2.75) is 25.2 Å². The Labute approximate surface area is 98.4 Å². The molecule has 2 rings (SSSR count). The van der Waals surface area contributed by atoms with Crippen LogP contribution < -0.4 is 5.73 Å². The molecule has 1 atom stereocenters. The largest absolute Gasteiger partial charge is 0.330 e. The van der Waals surface area contributed by atoms with Crippen molar-refractivity contribution in [1.82, 2.24) is 4.90 Å². The molecule has 2 nitrogen and oxygen atoms in total. The van der Waals surface area contributed by atoms with E-state index in [0.717, 1.165) is 25.3 Å². The first-order valence-electron chi connectivity index (χ1n) is 6.27. The first-order valence-corrected chi connectivity index (χ1v) is 6.27. The summed E-state index contributed by atoms with van der Waals surface area (Å²) in [4.78, 5) is 2.42. The molecule has 16 heavy (non-hydrogen) atoms. The molecule has 1 aromatic rings. The molecule has 0 radical (unpaired) electrons. The summed E-state index contributed by atoms with van der Waals surface area (Å²) in [6.45, 7) is 3.23. The fraction of sp³-hybridized carbons (Fsp3) is 0.571. The highest BCUT2D eigenvalue weighted by molar-refractivity contribution is 5.31. The third kappa shape index (κ3) is 2.63. The summed E-state index contributed by atoms with van der Waals surface area (Å²) in [7, 11) is 2.21. The average molecular weight is 218 g/mol. The van der Waals surface area contributed by atoms with Gasteiger partial charge in [0.05, 0.1) is 0 Å². The Balaban J connectivity index is 2.12. The van der Waals surface area contributed by atoms with Crippen molar-refractivity contribution in [1.29, 1.82) is 0 Å². The lowest BCUT2D eigenvalue weighted by atomic mass is 9.91. The summed E-state index contributed by atoms with van der Waals surface area (Å²) < 4.78 is 0. The highest BCUT2D eigenvalue weighted by Crippen LogP contribution is 2.29. The molecule has 0 aliphatic carbocycles. The molecule has 2 heteroatoms. The fourth-order valence-corrected chi connectivity index (χ4v) is 2.64. The van der Waals surface area contributed by atoms with Gasteiger partial charge in [0.2, 0.25) is 0 Å². The number of likely N-dealkylation sites (tertiary alicyclic amines) is 1. The number of benzene rings is 1. The van der Waals surface area contributed by atoms with Crippen LogP contribution >= 0.6 is 0 Å². The van der Waals surface area contributed by atoms with E-state index in [4.69, 9.17) is 5.73 Å². The van der Waals surface area contributed by atoms with Crippen LogP contribution in [0.1, 0.15) is 29.9 Å². The van der Waals surface area contributed by atoms with Gasteiger partial charge in [-0.1, -0.05) is 24.3 Å². The number of hydrogen-bond acceptors (Lipinski definition) is 2. The van der Waals surface area contributed by atoms with E-state index in [0.29, 0.717) is 0 Å². The van der Waals surface area contributed by atoms with E-state index in [2.05, 4.69) is 36.2 Å². The fourth-order valence-electron chi connectivity index (χ4n) is 2.64. The van der Waals surface area contributed by atoms with Crippen molar-refractivity contribution in [3.63, 3.8) is 0 Å². The molecule has 1 unspecified atom stereocenters. The SMILES string of the molecule is CN1CCC(c2ccccc2CCCN)C1. The quantitative estimate of drug-likeness (QED) is 0.837. The molecular weight excluding hydrogens is 196 g/mol. The first-order chi connectivity index (χ1) is 7.81. The van der Waals surface area contributed by atoms with Gasteiger partial charge in [-0.2, -0.15) is 0 Å². The van der Waals surface area contributed by atoms with E-state index >= 15 is 0 Å². The summed E-state index contributed by atoms with van der Waals surface area (Å²) in [6.07, 6.45) is 3.53. The lowest BCUT2D eigenvalue weighted by Gasteiger charge is -2.15. The number of aryl methyl sites for hydroxylation is 1. The summed E-state index contributed by atoms with van der Waals surface area (Å²) in [5, 5.41) is 0. The topological polar surface area (TPSA) is 29.3 Å². The average Bonchev–Trinajstić information content (AvgIpc) is 2.73. The van der Waals surface area contributed by atoms with E-state index < -0.39 is 0 Å². The Morgan fingerprint density at radius 3 is 2.88 bits per heavy atom. The number of likely N-dealkylation sites (N-methyl/N-ethyl adjacent to an activating group) is 1. The molecule has 88 valence electrons. The Bertz CT molecular complexity index is 335. The van der Waals surface area contributed by atoms with Crippen molar-refractivity contribution in [3.8, 4) is 0 Å². The highest BCUT2D eigenvalue weighted by Gasteiger charge is 2.22. The van der Waals surface area contributed by atoms with Gasteiger partial charge in [-0.05, 0) is 56.4 Å². The number of nitrogens with two attached hydrogens (primary N) is 1. The predicted molar refractivity (Wildman–Crippen MR) is 68.7 cm³/mol. The molecule has 0 bridgehead atoms. The van der Waals surface area contributed by atoms with Crippen LogP contribution in [0.15, 0.2) is 24.3 Å². The summed E-state index contributed by atoms with van der Waals surface area (Å²) in [6, 6.07) is 8.88. The molecule has 2 N–H and O–H groups in total. The third-order valence-electron chi connectivity index (χ3n) is 3.54. The van der Waals surface area contributed by atoms with Gasteiger partial charge < -0.3 is 10.6 Å². The number of rotatable bonds is 4. The van der Waals surface area contributed by atoms with Gasteiger partial charge >= 0.3 is 0 Å². The summed E-state index contributed by atoms with van der Waals surface area (Å²) in [5.41, 5.74) is 8.66. The minimum atomic E-state index is 0.735. The molecular formula is C14H22N2. The second-order valence-corrected chi connectivity index (χ2v) is 4.84. The van der Waals surface area contributed by atoms with Crippen LogP contribution in [-0.4, -0.2) is 31.6 Å². The van der Waals surface area contributed by atoms with Gasteiger partial charge in [0, 0.05) is 6.54 Å². The molecule has 1 aromatic carbocycles. The highest BCUT2D eigenvalue weighted by atomic mass is 15.1. The standard InChI is InChI=1S/C14H22N2/c1-16-10-8-13(11-16)14-7-3-2-5-12(14)6-4-9-15/h2-3,5,7,13H,4,6,8-11,15H2,1H3. The van der Waals surface area contributed by atoms with Crippen LogP contribution in [0.2, 0.25) is 0 Å². The maximum absolute atomic E-state index is 5.59. The van der Waals surface area contributed by atoms with Gasteiger partial charge in [-0.15, -0.1) is 0 Å². The van der Waals surface area contributed by atoms with Crippen molar-refractivity contribution in [2.75, 3.05) is 26.7 Å². The normalized spacial score (nSPS) is 21.5. The van der Waals surface area contributed by atoms with Crippen molar-refractivity contribution in [2.24, 2.45) is 5.73 Å². The zero-order valence-corrected chi connectivity index (χ0v) is 10.2. The van der Waals surface area contributed by atoms with Gasteiger partial charge in [0.15, 0.2) is 0 Å². The van der Waals surface area contributed by atoms with Crippen LogP contribution in [-0.2, 0) is 6.42 Å². The molecule has 0 aromatic heterocycles. The summed E-state index contributed by atoms with van der Waals surface area (Å²) in [5.74, 6) is 0.735. The Morgan fingerprint density at radius 1 is 1.38 bits per heavy atom. The number of nitrogens with zero attached hydrogens (tertiary/aromatic N) is 1. The minimum absolute atomic E-state index is 0.735. The molecule has 1 aliphatic heterocycles. The smallest absolute Gasteiger partial charge is 0.00478 e. The summed E-state index contributed by atoms with van der Waals surface area (Å²) >= 11 is 0. The lowest BCUT2D eigenvalue weighted by molar-refractivity contribution is 0.411. The molecule has 1 heterocycles. The van der Waals surface area contributed by atoms with E-state index in [-0.39, 0.29) is 0 Å². The zero-order valence-electron chi connectivity index (χ0n) is 10.2. The molecule has 0 saturated carbocycles. The van der Waals surface area contributed by atoms with E-state index in [1.54, 1.807) is 5.56 Å². The zero-order chi connectivity index (χ0) is 11.4. The molecule has 1 aliphatic rings. The van der Waals surface area contributed by atoms with Crippen LogP contribution in [0.4, 0.5) is 0 Å². The van der Waals surface area contributed by atoms with Gasteiger partial charge in [0.1, 0.15) is 0 Å². The van der Waals surface area contributed by atoms with Crippen molar-refractivity contribution >= 4 is 0 Å². The molecule has 0 amide bonds. The second kappa shape index (κ2) is 5.46. The van der Waals surface area contributed by atoms with E-state index in [1.165, 1.54) is 25.1 Å². The monoisotopic (exact) mass is 218 g/mol. The minimum Gasteiger partial charge on any atom is -0.330 e. The van der Waals surface area contributed by atoms with Crippen LogP contribution in [0.25, 0.3) is 0 Å². The Kier molecular flexibility index (Phi) is 3.97. The van der Waals surface area contributed by atoms with Crippen LogP contribution in [0, 0.1) is 0 Å². The first kappa shape index (κ1) is 11.6. The van der Waals surface area contributed by atoms with Gasteiger partial charge in [0.25, 0.3) is 0 Å². The predicted octanol–water partition coefficient (Wildman–Crippen LogP) is 2.00. The van der Waals surface area contributed by atoms with Gasteiger partial charge in [-0.3, -0.25) is 0 Å². The molecule has 1 fully saturated rings. The molecule has 0 spiro atoms. The van der Waals surface area contributed by atoms with Crippen LogP contribution in [0.3, 0.4) is 0 Å². The second-order valence-electron chi connectivity index (χ2n) is 4.84. The Morgan fingerprint density at radius 2 is 2.19 bits per heavy atom. The Hall–Kier alpha value is -0.860. The lowest BCUT2D eigenvalue weighted by Crippen LogP contribution is -2.14. The van der Waals surface area contributed by atoms with Gasteiger partial charge in [-0.25, -0.2) is 0 Å². The maximum Gasteiger partial charge on any atom is 0.00478 e. The van der Waals surface area contributed by atoms with Crippen molar-refractivity contribution in [3.05, 3.63) is 35.4 Å².